The van der Waals surface area contributed by atoms with Crippen LogP contribution in [0.15, 0.2) is 60.7 Å². The maximum atomic E-state index is 13.6. The highest BCUT2D eigenvalue weighted by Gasteiger charge is 2.68. The van der Waals surface area contributed by atoms with Crippen LogP contribution in [0.5, 0.6) is 0 Å². The molecule has 36 heavy (non-hydrogen) atoms. The number of amides is 3. The molecule has 0 radical (unpaired) electrons. The van der Waals surface area contributed by atoms with Gasteiger partial charge in [-0.3, -0.25) is 29.3 Å². The molecule has 0 unspecified atom stereocenters. The Balaban J connectivity index is 1.34. The van der Waals surface area contributed by atoms with Crippen molar-refractivity contribution in [1.29, 1.82) is 0 Å². The number of ketones is 1. The Morgan fingerprint density at radius 3 is 1.97 bits per heavy atom. The van der Waals surface area contributed by atoms with Gasteiger partial charge in [0.25, 0.3) is 23.4 Å². The Morgan fingerprint density at radius 1 is 0.917 bits per heavy atom. The molecule has 10 heteroatoms. The lowest BCUT2D eigenvalue weighted by Crippen LogP contribution is -2.52. The largest absolute Gasteiger partial charge is 0.292 e. The van der Waals surface area contributed by atoms with Crippen LogP contribution in [-0.4, -0.2) is 45.0 Å². The van der Waals surface area contributed by atoms with Crippen LogP contribution in [0.2, 0.25) is 5.02 Å². The van der Waals surface area contributed by atoms with E-state index in [-0.39, 0.29) is 28.7 Å². The number of halogens is 1. The number of Topliss-reactive ketones (excluding diaryl/α,β-unsaturated/α-hetero) is 1. The first kappa shape index (κ1) is 22.6. The topological polar surface area (TPSA) is 118 Å². The molecular formula is C26H20ClN3O6. The zero-order chi connectivity index (χ0) is 25.3. The second kappa shape index (κ2) is 8.09. The van der Waals surface area contributed by atoms with E-state index < -0.39 is 46.8 Å². The van der Waals surface area contributed by atoms with Crippen LogP contribution < -0.4 is 0 Å². The van der Waals surface area contributed by atoms with Gasteiger partial charge in [-0.2, -0.15) is 5.01 Å². The number of nitrogens with zero attached hydrogens (tertiary/aromatic N) is 3. The van der Waals surface area contributed by atoms with Crippen molar-refractivity contribution >= 4 is 40.8 Å². The van der Waals surface area contributed by atoms with Crippen LogP contribution in [0.4, 0.5) is 5.69 Å². The molecule has 1 aliphatic heterocycles. The fourth-order valence-electron chi connectivity index (χ4n) is 6.15. The first-order chi connectivity index (χ1) is 17.3. The van der Waals surface area contributed by atoms with Crippen LogP contribution in [0.3, 0.4) is 0 Å². The minimum Gasteiger partial charge on any atom is -0.292 e. The summed E-state index contributed by atoms with van der Waals surface area (Å²) in [5.74, 6) is -2.55. The van der Waals surface area contributed by atoms with E-state index in [0.29, 0.717) is 16.9 Å². The summed E-state index contributed by atoms with van der Waals surface area (Å²) in [7, 11) is 0. The summed E-state index contributed by atoms with van der Waals surface area (Å²) < 4.78 is 0. The van der Waals surface area contributed by atoms with Gasteiger partial charge in [0, 0.05) is 28.3 Å². The maximum Gasteiger partial charge on any atom is 0.273 e. The highest BCUT2D eigenvalue weighted by atomic mass is 35.5. The number of rotatable bonds is 6. The highest BCUT2D eigenvalue weighted by molar-refractivity contribution is 6.30. The van der Waals surface area contributed by atoms with E-state index in [2.05, 4.69) is 0 Å². The van der Waals surface area contributed by atoms with E-state index in [9.17, 15) is 29.3 Å². The fraction of sp³-hybridized carbons (Fsp3) is 0.308. The van der Waals surface area contributed by atoms with E-state index in [1.54, 1.807) is 0 Å². The third-order valence-corrected chi connectivity index (χ3v) is 8.15. The maximum absolute atomic E-state index is 13.6. The predicted molar refractivity (Wildman–Crippen MR) is 126 cm³/mol. The predicted octanol–water partition coefficient (Wildman–Crippen LogP) is 3.54. The molecule has 7 rings (SSSR count). The smallest absolute Gasteiger partial charge is 0.273 e. The molecule has 0 spiro atoms. The average Bonchev–Trinajstić information content (AvgIpc) is 3.66. The lowest BCUT2D eigenvalue weighted by Gasteiger charge is -2.37. The number of carbonyl (C=O) groups is 4. The van der Waals surface area contributed by atoms with Crippen molar-refractivity contribution in [3.63, 3.8) is 0 Å². The number of imide groups is 1. The molecule has 0 aromatic heterocycles. The summed E-state index contributed by atoms with van der Waals surface area (Å²) in [5, 5.41) is 13.1. The summed E-state index contributed by atoms with van der Waals surface area (Å²) in [6, 6.07) is 10.9. The standard InChI is InChI=1S/C26H20ClN3O6/c27-15-5-1-14(2-6-15)24(32)28(12-21(31)13-3-7-16(8-4-13)30(35)36)29-25(33)22-17-9-10-18(20-11-19(17)20)23(22)26(29)34/h1-10,17-20,22-23H,11-12H2/t17-,18-,19-,20+,22-,23+/m0/s1. The summed E-state index contributed by atoms with van der Waals surface area (Å²) in [5.41, 5.74) is 0.0977. The number of allylic oxidation sites excluding steroid dienone is 2. The molecule has 2 aromatic carbocycles. The molecule has 0 N–H and O–H groups in total. The van der Waals surface area contributed by atoms with Crippen LogP contribution in [-0.2, 0) is 9.59 Å². The first-order valence-corrected chi connectivity index (χ1v) is 12.0. The summed E-state index contributed by atoms with van der Waals surface area (Å²) >= 11 is 5.96. The van der Waals surface area contributed by atoms with Gasteiger partial charge in [-0.15, -0.1) is 0 Å². The average molecular weight is 506 g/mol. The quantitative estimate of drug-likeness (QED) is 0.195. The number of hydrogen-bond donors (Lipinski definition) is 0. The van der Waals surface area contributed by atoms with Crippen molar-refractivity contribution in [2.24, 2.45) is 35.5 Å². The lowest BCUT2D eigenvalue weighted by molar-refractivity contribution is -0.384. The van der Waals surface area contributed by atoms with Gasteiger partial charge in [0.05, 0.1) is 16.8 Å². The number of hydrogen-bond acceptors (Lipinski definition) is 6. The molecule has 4 aliphatic carbocycles. The van der Waals surface area contributed by atoms with Crippen molar-refractivity contribution in [3.8, 4) is 0 Å². The SMILES string of the molecule is O=C(CN(C(=O)c1ccc(Cl)cc1)N1C(=O)[C@@H]2[C@H]3C=C[C@@H]([C@@H]4C[C@H]34)[C@@H]2C1=O)c1ccc([N+](=O)[O-])cc1. The van der Waals surface area contributed by atoms with Gasteiger partial charge < -0.3 is 0 Å². The van der Waals surface area contributed by atoms with Gasteiger partial charge in [-0.05, 0) is 66.5 Å². The molecule has 2 aromatic rings. The molecule has 182 valence electrons. The lowest BCUT2D eigenvalue weighted by atomic mass is 9.63. The Hall–Kier alpha value is -3.85. The molecular weight excluding hydrogens is 486 g/mol. The number of hydrazine groups is 1. The second-order valence-electron chi connectivity index (χ2n) is 9.74. The number of benzene rings is 2. The van der Waals surface area contributed by atoms with Gasteiger partial charge in [0.2, 0.25) is 0 Å². The Kier molecular flexibility index (Phi) is 5.08. The number of nitro groups is 1. The van der Waals surface area contributed by atoms with Crippen molar-refractivity contribution < 1.29 is 24.1 Å². The molecule has 3 fully saturated rings. The van der Waals surface area contributed by atoms with Gasteiger partial charge >= 0.3 is 0 Å². The first-order valence-electron chi connectivity index (χ1n) is 11.7. The Labute approximate surface area is 210 Å². The van der Waals surface area contributed by atoms with E-state index in [1.165, 1.54) is 48.5 Å². The molecule has 3 amide bonds. The van der Waals surface area contributed by atoms with Crippen molar-refractivity contribution in [2.45, 2.75) is 6.42 Å². The van der Waals surface area contributed by atoms with Gasteiger partial charge in [-0.25, -0.2) is 5.01 Å². The summed E-state index contributed by atoms with van der Waals surface area (Å²) in [6.45, 7) is -0.578. The van der Waals surface area contributed by atoms with Gasteiger partial charge in [0.15, 0.2) is 5.78 Å². The number of nitro benzene ring substituents is 1. The van der Waals surface area contributed by atoms with Crippen molar-refractivity contribution in [3.05, 3.63) is 86.9 Å². The molecule has 2 bridgehead atoms. The van der Waals surface area contributed by atoms with Crippen molar-refractivity contribution in [1.82, 2.24) is 10.0 Å². The summed E-state index contributed by atoms with van der Waals surface area (Å²) in [6.07, 6.45) is 5.06. The van der Waals surface area contributed by atoms with E-state index >= 15 is 0 Å². The molecule has 5 aliphatic rings. The Bertz CT molecular complexity index is 1320. The fourth-order valence-corrected chi connectivity index (χ4v) is 6.28. The molecule has 1 saturated heterocycles. The number of carbonyl (C=O) groups excluding carboxylic acids is 4. The van der Waals surface area contributed by atoms with Crippen LogP contribution in [0.25, 0.3) is 0 Å². The molecule has 2 saturated carbocycles. The molecule has 1 heterocycles. The minimum absolute atomic E-state index is 0.0377. The normalized spacial score (nSPS) is 29.1. The molecule has 9 nitrogen and oxygen atoms in total. The summed E-state index contributed by atoms with van der Waals surface area (Å²) in [4.78, 5) is 64.4. The monoisotopic (exact) mass is 505 g/mol. The Morgan fingerprint density at radius 2 is 1.44 bits per heavy atom. The number of non-ortho nitro benzene ring substituents is 1. The third-order valence-electron chi connectivity index (χ3n) is 7.90. The van der Waals surface area contributed by atoms with Gasteiger partial charge in [0.1, 0.15) is 6.54 Å². The third kappa shape index (κ3) is 3.37. The molecule has 6 atom stereocenters. The highest BCUT2D eigenvalue weighted by Crippen LogP contribution is 2.65. The van der Waals surface area contributed by atoms with E-state index in [0.717, 1.165) is 16.4 Å². The zero-order valence-electron chi connectivity index (χ0n) is 18.8. The van der Waals surface area contributed by atoms with E-state index in [4.69, 9.17) is 11.6 Å². The van der Waals surface area contributed by atoms with Crippen LogP contribution >= 0.6 is 11.6 Å². The van der Waals surface area contributed by atoms with E-state index in [1.807, 2.05) is 12.2 Å². The van der Waals surface area contributed by atoms with Crippen molar-refractivity contribution in [2.75, 3.05) is 6.54 Å². The zero-order valence-corrected chi connectivity index (χ0v) is 19.6. The van der Waals surface area contributed by atoms with Crippen LogP contribution in [0.1, 0.15) is 27.1 Å². The van der Waals surface area contributed by atoms with Crippen LogP contribution in [0, 0.1) is 45.6 Å². The van der Waals surface area contributed by atoms with Gasteiger partial charge in [-0.1, -0.05) is 23.8 Å². The second-order valence-corrected chi connectivity index (χ2v) is 10.2. The minimum atomic E-state index is -0.687.